The van der Waals surface area contributed by atoms with E-state index in [1.54, 1.807) is 11.0 Å². The minimum Gasteiger partial charge on any atom is -0.338 e. The summed E-state index contributed by atoms with van der Waals surface area (Å²) in [5.41, 5.74) is 7.57. The second-order valence-electron chi connectivity index (χ2n) is 4.64. The van der Waals surface area contributed by atoms with E-state index in [9.17, 15) is 4.79 Å². The number of carbonyl (C=O) groups excluding carboxylic acids is 1. The molecule has 2 rings (SSSR count). The lowest BCUT2D eigenvalue weighted by Gasteiger charge is -2.14. The second-order valence-corrected chi connectivity index (χ2v) is 5.05. The summed E-state index contributed by atoms with van der Waals surface area (Å²) in [4.78, 5) is 13.8. The number of allylic oxidation sites excluding steroid dienone is 1. The van der Waals surface area contributed by atoms with Gasteiger partial charge in [-0.1, -0.05) is 29.8 Å². The van der Waals surface area contributed by atoms with E-state index >= 15 is 0 Å². The average Bonchev–Trinajstić information content (AvgIpc) is 2.76. The van der Waals surface area contributed by atoms with Gasteiger partial charge >= 0.3 is 0 Å². The van der Waals surface area contributed by atoms with Crippen LogP contribution in [0.3, 0.4) is 0 Å². The highest BCUT2D eigenvalue weighted by Gasteiger charge is 2.22. The topological polar surface area (TPSA) is 46.3 Å². The normalized spacial score (nSPS) is 20.3. The third-order valence-corrected chi connectivity index (χ3v) is 3.50. The van der Waals surface area contributed by atoms with Crippen LogP contribution in [0.1, 0.15) is 18.9 Å². The van der Waals surface area contributed by atoms with Crippen molar-refractivity contribution in [2.75, 3.05) is 13.1 Å². The van der Waals surface area contributed by atoms with E-state index in [1.807, 2.05) is 31.2 Å². The standard InChI is InChI=1S/C14H17ClN2O/c1-10(12-4-2-3-5-13(12)15)8-14(18)17-7-6-11(16)9-17/h2-5,8,11H,6-7,9,16H2,1H3/t11-/m1/s1. The predicted molar refractivity (Wildman–Crippen MR) is 74.3 cm³/mol. The molecule has 1 aliphatic heterocycles. The van der Waals surface area contributed by atoms with Gasteiger partial charge in [0.15, 0.2) is 0 Å². The molecule has 0 saturated carbocycles. The SMILES string of the molecule is CC(=CC(=O)N1CC[C@@H](N)C1)c1ccccc1Cl. The van der Waals surface area contributed by atoms with Gasteiger partial charge in [0.05, 0.1) is 0 Å². The molecule has 2 N–H and O–H groups in total. The highest BCUT2D eigenvalue weighted by atomic mass is 35.5. The molecule has 18 heavy (non-hydrogen) atoms. The van der Waals surface area contributed by atoms with Crippen LogP contribution in [0.4, 0.5) is 0 Å². The Morgan fingerprint density at radius 2 is 2.22 bits per heavy atom. The van der Waals surface area contributed by atoms with Gasteiger partial charge in [-0.2, -0.15) is 0 Å². The maximum absolute atomic E-state index is 12.0. The third kappa shape index (κ3) is 2.92. The number of halogens is 1. The Labute approximate surface area is 112 Å². The zero-order valence-corrected chi connectivity index (χ0v) is 11.2. The molecule has 1 aliphatic rings. The van der Waals surface area contributed by atoms with E-state index < -0.39 is 0 Å². The summed E-state index contributed by atoms with van der Waals surface area (Å²) < 4.78 is 0. The number of nitrogens with two attached hydrogens (primary N) is 1. The molecule has 0 unspecified atom stereocenters. The number of amides is 1. The quantitative estimate of drug-likeness (QED) is 0.834. The van der Waals surface area contributed by atoms with Gasteiger partial charge < -0.3 is 10.6 Å². The maximum Gasteiger partial charge on any atom is 0.246 e. The molecular weight excluding hydrogens is 248 g/mol. The van der Waals surface area contributed by atoms with Crippen molar-refractivity contribution in [1.82, 2.24) is 4.90 Å². The van der Waals surface area contributed by atoms with E-state index in [1.165, 1.54) is 0 Å². The Hall–Kier alpha value is -1.32. The lowest BCUT2D eigenvalue weighted by molar-refractivity contribution is -0.125. The first-order valence-corrected chi connectivity index (χ1v) is 6.43. The molecule has 0 spiro atoms. The van der Waals surface area contributed by atoms with Gasteiger partial charge in [-0.3, -0.25) is 4.79 Å². The lowest BCUT2D eigenvalue weighted by atomic mass is 10.1. The number of benzene rings is 1. The number of hydrogen-bond donors (Lipinski definition) is 1. The van der Waals surface area contributed by atoms with Gasteiger partial charge in [-0.25, -0.2) is 0 Å². The van der Waals surface area contributed by atoms with Crippen LogP contribution in [-0.4, -0.2) is 29.9 Å². The maximum atomic E-state index is 12.0. The molecular formula is C14H17ClN2O. The average molecular weight is 265 g/mol. The van der Waals surface area contributed by atoms with E-state index in [4.69, 9.17) is 17.3 Å². The molecule has 1 amide bonds. The third-order valence-electron chi connectivity index (χ3n) is 3.18. The van der Waals surface area contributed by atoms with E-state index in [-0.39, 0.29) is 11.9 Å². The molecule has 1 aromatic rings. The number of carbonyl (C=O) groups is 1. The lowest BCUT2D eigenvalue weighted by Crippen LogP contribution is -2.30. The van der Waals surface area contributed by atoms with Crippen molar-refractivity contribution in [1.29, 1.82) is 0 Å². The number of hydrogen-bond acceptors (Lipinski definition) is 2. The van der Waals surface area contributed by atoms with Crippen LogP contribution >= 0.6 is 11.6 Å². The predicted octanol–water partition coefficient (Wildman–Crippen LogP) is 2.30. The van der Waals surface area contributed by atoms with Crippen molar-refractivity contribution in [2.45, 2.75) is 19.4 Å². The van der Waals surface area contributed by atoms with Crippen molar-refractivity contribution >= 4 is 23.1 Å². The van der Waals surface area contributed by atoms with E-state index in [0.717, 1.165) is 24.1 Å². The Kier molecular flexibility index (Phi) is 4.04. The van der Waals surface area contributed by atoms with Crippen LogP contribution in [0.25, 0.3) is 5.57 Å². The van der Waals surface area contributed by atoms with E-state index in [2.05, 4.69) is 0 Å². The van der Waals surface area contributed by atoms with Gasteiger partial charge in [0, 0.05) is 30.2 Å². The highest BCUT2D eigenvalue weighted by molar-refractivity contribution is 6.32. The first kappa shape index (κ1) is 13.1. The van der Waals surface area contributed by atoms with Crippen LogP contribution in [0, 0.1) is 0 Å². The first-order chi connectivity index (χ1) is 8.58. The molecule has 1 fully saturated rings. The molecule has 1 heterocycles. The van der Waals surface area contributed by atoms with Gasteiger partial charge in [0.2, 0.25) is 5.91 Å². The van der Waals surface area contributed by atoms with Crippen molar-refractivity contribution in [3.8, 4) is 0 Å². The van der Waals surface area contributed by atoms with Crippen LogP contribution in [0.15, 0.2) is 30.3 Å². The molecule has 0 aliphatic carbocycles. The smallest absolute Gasteiger partial charge is 0.246 e. The highest BCUT2D eigenvalue weighted by Crippen LogP contribution is 2.23. The summed E-state index contributed by atoms with van der Waals surface area (Å²) in [7, 11) is 0. The van der Waals surface area contributed by atoms with Crippen LogP contribution in [0.2, 0.25) is 5.02 Å². The number of rotatable bonds is 2. The molecule has 0 bridgehead atoms. The van der Waals surface area contributed by atoms with Crippen molar-refractivity contribution < 1.29 is 4.79 Å². The second kappa shape index (κ2) is 5.55. The summed E-state index contributed by atoms with van der Waals surface area (Å²) in [6, 6.07) is 7.64. The largest absolute Gasteiger partial charge is 0.338 e. The fraction of sp³-hybridized carbons (Fsp3) is 0.357. The number of likely N-dealkylation sites (tertiary alicyclic amines) is 1. The minimum atomic E-state index is 0.0142. The zero-order valence-electron chi connectivity index (χ0n) is 10.4. The molecule has 3 nitrogen and oxygen atoms in total. The summed E-state index contributed by atoms with van der Waals surface area (Å²) in [5, 5.41) is 0.664. The molecule has 4 heteroatoms. The van der Waals surface area contributed by atoms with Crippen LogP contribution < -0.4 is 5.73 Å². The van der Waals surface area contributed by atoms with Gasteiger partial charge in [-0.05, 0) is 30.5 Å². The number of nitrogens with zero attached hydrogens (tertiary/aromatic N) is 1. The molecule has 96 valence electrons. The Bertz CT molecular complexity index is 484. The molecule has 0 radical (unpaired) electrons. The fourth-order valence-corrected chi connectivity index (χ4v) is 2.41. The minimum absolute atomic E-state index is 0.0142. The molecule has 1 saturated heterocycles. The van der Waals surface area contributed by atoms with Gasteiger partial charge in [-0.15, -0.1) is 0 Å². The van der Waals surface area contributed by atoms with Crippen molar-refractivity contribution in [3.05, 3.63) is 40.9 Å². The van der Waals surface area contributed by atoms with Crippen LogP contribution in [-0.2, 0) is 4.79 Å². The zero-order chi connectivity index (χ0) is 13.1. The molecule has 1 aromatic carbocycles. The fourth-order valence-electron chi connectivity index (χ4n) is 2.12. The van der Waals surface area contributed by atoms with Gasteiger partial charge in [0.25, 0.3) is 0 Å². The first-order valence-electron chi connectivity index (χ1n) is 6.05. The summed E-state index contributed by atoms with van der Waals surface area (Å²) in [6.07, 6.45) is 2.52. The Balaban J connectivity index is 2.13. The monoisotopic (exact) mass is 264 g/mol. The summed E-state index contributed by atoms with van der Waals surface area (Å²) in [5.74, 6) is 0.0142. The summed E-state index contributed by atoms with van der Waals surface area (Å²) in [6.45, 7) is 3.28. The van der Waals surface area contributed by atoms with Crippen molar-refractivity contribution in [3.63, 3.8) is 0 Å². The molecule has 1 atom stereocenters. The van der Waals surface area contributed by atoms with Gasteiger partial charge in [0.1, 0.15) is 0 Å². The van der Waals surface area contributed by atoms with Crippen LogP contribution in [0.5, 0.6) is 0 Å². The van der Waals surface area contributed by atoms with E-state index in [0.29, 0.717) is 11.6 Å². The van der Waals surface area contributed by atoms with Crippen molar-refractivity contribution in [2.24, 2.45) is 5.73 Å². The Morgan fingerprint density at radius 3 is 2.83 bits per heavy atom. The Morgan fingerprint density at radius 1 is 1.50 bits per heavy atom. The summed E-state index contributed by atoms with van der Waals surface area (Å²) >= 11 is 6.10. The molecule has 0 aromatic heterocycles.